The van der Waals surface area contributed by atoms with Crippen molar-refractivity contribution in [2.45, 2.75) is 50.0 Å². The summed E-state index contributed by atoms with van der Waals surface area (Å²) in [7, 11) is -1.83. The van der Waals surface area contributed by atoms with Crippen LogP contribution in [0.25, 0.3) is 0 Å². The van der Waals surface area contributed by atoms with Crippen LogP contribution in [0.4, 0.5) is 0 Å². The van der Waals surface area contributed by atoms with Gasteiger partial charge in [0.1, 0.15) is 0 Å². The molecule has 5 heteroatoms. The molecule has 118 valence electrons. The van der Waals surface area contributed by atoms with Crippen LogP contribution in [0, 0.1) is 5.92 Å². The molecule has 0 atom stereocenters. The average Bonchev–Trinajstić information content (AvgIpc) is 2.36. The first-order valence-corrected chi connectivity index (χ1v) is 8.79. The smallest absolute Gasteiger partial charge is 0.242 e. The summed E-state index contributed by atoms with van der Waals surface area (Å²) in [6.07, 6.45) is 1.14. The van der Waals surface area contributed by atoms with Gasteiger partial charge in [0.2, 0.25) is 10.0 Å². The summed E-state index contributed by atoms with van der Waals surface area (Å²) in [5, 5.41) is 9.29. The zero-order valence-electron chi connectivity index (χ0n) is 13.2. The zero-order chi connectivity index (χ0) is 15.8. The number of nitrogens with zero attached hydrogens (tertiary/aromatic N) is 1. The Kier molecular flexibility index (Phi) is 4.47. The molecule has 21 heavy (non-hydrogen) atoms. The highest BCUT2D eigenvalue weighted by Crippen LogP contribution is 2.29. The van der Waals surface area contributed by atoms with Crippen molar-refractivity contribution in [3.05, 3.63) is 29.8 Å². The molecule has 0 spiro atoms. The number of hydrogen-bond donors (Lipinski definition) is 1. The van der Waals surface area contributed by atoms with E-state index in [4.69, 9.17) is 0 Å². The number of hydrogen-bond acceptors (Lipinski definition) is 3. The van der Waals surface area contributed by atoms with Gasteiger partial charge in [-0.05, 0) is 41.9 Å². The minimum Gasteiger partial charge on any atom is -0.393 e. The standard InChI is InChI=1S/C16H25NO3S/c1-16(2,3)13-5-7-15(8-6-13)21(19,20)17(4)11-12-9-14(18)10-12/h5-8,12,14,18H,9-11H2,1-4H3. The Hall–Kier alpha value is -0.910. The van der Waals surface area contributed by atoms with Gasteiger partial charge in [-0.1, -0.05) is 32.9 Å². The van der Waals surface area contributed by atoms with E-state index in [0.29, 0.717) is 24.3 Å². The summed E-state index contributed by atoms with van der Waals surface area (Å²) in [5.41, 5.74) is 1.13. The lowest BCUT2D eigenvalue weighted by atomic mass is 9.82. The second-order valence-electron chi connectivity index (χ2n) is 7.05. The van der Waals surface area contributed by atoms with Gasteiger partial charge in [0.05, 0.1) is 11.0 Å². The predicted molar refractivity (Wildman–Crippen MR) is 83.7 cm³/mol. The van der Waals surface area contributed by atoms with Crippen LogP contribution < -0.4 is 0 Å². The molecular weight excluding hydrogens is 286 g/mol. The summed E-state index contributed by atoms with van der Waals surface area (Å²) >= 11 is 0. The van der Waals surface area contributed by atoms with Crippen LogP contribution in [0.3, 0.4) is 0 Å². The van der Waals surface area contributed by atoms with E-state index >= 15 is 0 Å². The van der Waals surface area contributed by atoms with E-state index in [-0.39, 0.29) is 17.4 Å². The number of sulfonamides is 1. The molecule has 2 rings (SSSR count). The molecule has 0 radical (unpaired) electrons. The molecule has 0 unspecified atom stereocenters. The summed E-state index contributed by atoms with van der Waals surface area (Å²) < 4.78 is 26.4. The maximum absolute atomic E-state index is 12.5. The number of benzene rings is 1. The Morgan fingerprint density at radius 3 is 2.14 bits per heavy atom. The lowest BCUT2D eigenvalue weighted by Gasteiger charge is -2.34. The van der Waals surface area contributed by atoms with Crippen molar-refractivity contribution in [3.63, 3.8) is 0 Å². The Morgan fingerprint density at radius 2 is 1.71 bits per heavy atom. The third kappa shape index (κ3) is 3.65. The van der Waals surface area contributed by atoms with Gasteiger partial charge < -0.3 is 5.11 Å². The maximum Gasteiger partial charge on any atom is 0.242 e. The van der Waals surface area contributed by atoms with Crippen LogP contribution in [-0.2, 0) is 15.4 Å². The number of rotatable bonds is 4. The number of aliphatic hydroxyl groups excluding tert-OH is 1. The average molecular weight is 311 g/mol. The first-order valence-electron chi connectivity index (χ1n) is 7.35. The van der Waals surface area contributed by atoms with Crippen molar-refractivity contribution in [2.24, 2.45) is 5.92 Å². The summed E-state index contributed by atoms with van der Waals surface area (Å²) in [4.78, 5) is 0.331. The van der Waals surface area contributed by atoms with Crippen molar-refractivity contribution in [1.29, 1.82) is 0 Å². The fourth-order valence-electron chi connectivity index (χ4n) is 2.62. The Morgan fingerprint density at radius 1 is 1.19 bits per heavy atom. The molecule has 0 saturated heterocycles. The zero-order valence-corrected chi connectivity index (χ0v) is 14.0. The third-order valence-electron chi connectivity index (χ3n) is 4.15. The van der Waals surface area contributed by atoms with E-state index in [1.807, 2.05) is 12.1 Å². The molecular formula is C16H25NO3S. The highest BCUT2D eigenvalue weighted by atomic mass is 32.2. The Labute approximate surface area is 127 Å². The van der Waals surface area contributed by atoms with Crippen LogP contribution in [0.1, 0.15) is 39.2 Å². The normalized spacial score (nSPS) is 23.1. The summed E-state index contributed by atoms with van der Waals surface area (Å²) in [5.74, 6) is 0.272. The molecule has 0 heterocycles. The summed E-state index contributed by atoms with van der Waals surface area (Å²) in [6.45, 7) is 6.78. The van der Waals surface area contributed by atoms with Gasteiger partial charge in [0, 0.05) is 13.6 Å². The third-order valence-corrected chi connectivity index (χ3v) is 5.99. The largest absolute Gasteiger partial charge is 0.393 e. The molecule has 0 aromatic heterocycles. The van der Waals surface area contributed by atoms with E-state index in [2.05, 4.69) is 20.8 Å². The lowest BCUT2D eigenvalue weighted by Crippen LogP contribution is -2.39. The minimum absolute atomic E-state index is 0.0102. The van der Waals surface area contributed by atoms with Crippen LogP contribution in [0.5, 0.6) is 0 Å². The van der Waals surface area contributed by atoms with E-state index < -0.39 is 10.0 Å². The van der Waals surface area contributed by atoms with E-state index in [1.165, 1.54) is 4.31 Å². The minimum atomic E-state index is -3.44. The van der Waals surface area contributed by atoms with Crippen molar-refractivity contribution in [1.82, 2.24) is 4.31 Å². The lowest BCUT2D eigenvalue weighted by molar-refractivity contribution is 0.0367. The number of aliphatic hydroxyl groups is 1. The molecule has 1 saturated carbocycles. The maximum atomic E-state index is 12.5. The van der Waals surface area contributed by atoms with Crippen LogP contribution in [0.15, 0.2) is 29.2 Å². The van der Waals surface area contributed by atoms with Crippen LogP contribution in [0.2, 0.25) is 0 Å². The first-order chi connectivity index (χ1) is 9.60. The quantitative estimate of drug-likeness (QED) is 0.929. The van der Waals surface area contributed by atoms with Crippen LogP contribution >= 0.6 is 0 Å². The molecule has 1 aromatic rings. The van der Waals surface area contributed by atoms with E-state index in [0.717, 1.165) is 5.56 Å². The van der Waals surface area contributed by atoms with Gasteiger partial charge in [-0.15, -0.1) is 0 Å². The molecule has 1 aromatic carbocycles. The van der Waals surface area contributed by atoms with E-state index in [9.17, 15) is 13.5 Å². The van der Waals surface area contributed by atoms with Gasteiger partial charge in [-0.3, -0.25) is 0 Å². The van der Waals surface area contributed by atoms with Crippen molar-refractivity contribution in [2.75, 3.05) is 13.6 Å². The predicted octanol–water partition coefficient (Wildman–Crippen LogP) is 2.38. The monoisotopic (exact) mass is 311 g/mol. The highest BCUT2D eigenvalue weighted by molar-refractivity contribution is 7.89. The molecule has 0 aliphatic heterocycles. The fraction of sp³-hybridized carbons (Fsp3) is 0.625. The van der Waals surface area contributed by atoms with Crippen molar-refractivity contribution < 1.29 is 13.5 Å². The van der Waals surface area contributed by atoms with Gasteiger partial charge >= 0.3 is 0 Å². The Bertz CT molecular complexity index is 581. The van der Waals surface area contributed by atoms with Gasteiger partial charge in [0.15, 0.2) is 0 Å². The SMILES string of the molecule is CN(CC1CC(O)C1)S(=O)(=O)c1ccc(C(C)(C)C)cc1. The van der Waals surface area contributed by atoms with Crippen LogP contribution in [-0.4, -0.2) is 37.5 Å². The van der Waals surface area contributed by atoms with Gasteiger partial charge in [0.25, 0.3) is 0 Å². The first kappa shape index (κ1) is 16.5. The second-order valence-corrected chi connectivity index (χ2v) is 9.10. The summed E-state index contributed by atoms with van der Waals surface area (Å²) in [6, 6.07) is 7.13. The molecule has 0 amide bonds. The van der Waals surface area contributed by atoms with Crippen molar-refractivity contribution in [3.8, 4) is 0 Å². The molecule has 0 bridgehead atoms. The molecule has 1 fully saturated rings. The van der Waals surface area contributed by atoms with Gasteiger partial charge in [-0.2, -0.15) is 0 Å². The second kappa shape index (κ2) is 5.71. The van der Waals surface area contributed by atoms with E-state index in [1.54, 1.807) is 19.2 Å². The highest BCUT2D eigenvalue weighted by Gasteiger charge is 2.31. The van der Waals surface area contributed by atoms with Gasteiger partial charge in [-0.25, -0.2) is 12.7 Å². The molecule has 1 aliphatic carbocycles. The molecule has 1 N–H and O–H groups in total. The molecule has 4 nitrogen and oxygen atoms in total. The topological polar surface area (TPSA) is 57.6 Å². The molecule has 1 aliphatic rings. The fourth-order valence-corrected chi connectivity index (χ4v) is 3.87. The van der Waals surface area contributed by atoms with Crippen molar-refractivity contribution >= 4 is 10.0 Å². The Balaban J connectivity index is 2.11.